The molecule has 0 aliphatic rings. The molecule has 1 N–H and O–H groups in total. The number of hydrogen-bond acceptors (Lipinski definition) is 5. The van der Waals surface area contributed by atoms with Crippen molar-refractivity contribution >= 4 is 21.6 Å². The first-order chi connectivity index (χ1) is 16.9. The fraction of sp³-hybridized carbons (Fsp3) is 0.154. The molecule has 35 heavy (non-hydrogen) atoms. The highest BCUT2D eigenvalue weighted by Crippen LogP contribution is 2.25. The number of methoxy groups -OCH3 is 1. The van der Waals surface area contributed by atoms with Crippen LogP contribution in [-0.2, 0) is 21.4 Å². The summed E-state index contributed by atoms with van der Waals surface area (Å²) in [5.41, 5.74) is 2.22. The molecule has 0 spiro atoms. The predicted molar refractivity (Wildman–Crippen MR) is 134 cm³/mol. The molecule has 0 atom stereocenters. The number of ether oxygens (including phenoxy) is 1. The van der Waals surface area contributed by atoms with Crippen LogP contribution in [0.25, 0.3) is 5.69 Å². The van der Waals surface area contributed by atoms with E-state index in [2.05, 4.69) is 10.3 Å². The molecule has 4 rings (SSSR count). The standard InChI is InChI=1S/C26H26N4O4S/c1-20-27-16-17-29(20)22-10-8-21(9-11-22)18-28-26(31)19-30(23-12-14-24(34-2)15-13-23)35(32,33)25-6-4-3-5-7-25/h3-17H,18-19H2,1-2H3,(H,28,31). The molecule has 0 fully saturated rings. The number of sulfonamides is 1. The third-order valence-corrected chi connectivity index (χ3v) is 7.30. The first-order valence-electron chi connectivity index (χ1n) is 11.0. The van der Waals surface area contributed by atoms with Gasteiger partial charge in [0, 0.05) is 24.6 Å². The Labute approximate surface area is 204 Å². The maximum absolute atomic E-state index is 13.4. The third-order valence-electron chi connectivity index (χ3n) is 5.51. The van der Waals surface area contributed by atoms with E-state index in [0.717, 1.165) is 21.4 Å². The van der Waals surface area contributed by atoms with E-state index in [-0.39, 0.29) is 18.0 Å². The number of nitrogens with zero attached hydrogens (tertiary/aromatic N) is 3. The number of nitrogens with one attached hydrogen (secondary N) is 1. The smallest absolute Gasteiger partial charge is 0.264 e. The Bertz CT molecular complexity index is 1380. The van der Waals surface area contributed by atoms with Gasteiger partial charge in [0.1, 0.15) is 18.1 Å². The van der Waals surface area contributed by atoms with Gasteiger partial charge in [0.05, 0.1) is 17.7 Å². The Hall–Kier alpha value is -4.11. The van der Waals surface area contributed by atoms with Crippen LogP contribution >= 0.6 is 0 Å². The second-order valence-corrected chi connectivity index (χ2v) is 9.67. The number of carbonyl (C=O) groups is 1. The van der Waals surface area contributed by atoms with Crippen LogP contribution < -0.4 is 14.4 Å². The number of aromatic nitrogens is 2. The summed E-state index contributed by atoms with van der Waals surface area (Å²) in [7, 11) is -2.43. The average molecular weight is 491 g/mol. The summed E-state index contributed by atoms with van der Waals surface area (Å²) in [6, 6.07) is 22.3. The first-order valence-corrected chi connectivity index (χ1v) is 12.4. The van der Waals surface area contributed by atoms with Crippen molar-refractivity contribution in [1.29, 1.82) is 0 Å². The fourth-order valence-corrected chi connectivity index (χ4v) is 5.04. The monoisotopic (exact) mass is 490 g/mol. The van der Waals surface area contributed by atoms with Gasteiger partial charge in [-0.25, -0.2) is 13.4 Å². The number of carbonyl (C=O) groups excluding carboxylic acids is 1. The summed E-state index contributed by atoms with van der Waals surface area (Å²) < 4.78 is 35.0. The highest BCUT2D eigenvalue weighted by atomic mass is 32.2. The van der Waals surface area contributed by atoms with Gasteiger partial charge in [-0.1, -0.05) is 30.3 Å². The third kappa shape index (κ3) is 5.52. The molecule has 0 bridgehead atoms. The van der Waals surface area contributed by atoms with E-state index >= 15 is 0 Å². The molecule has 1 amide bonds. The normalized spacial score (nSPS) is 11.1. The van der Waals surface area contributed by atoms with Gasteiger partial charge in [-0.05, 0) is 61.0 Å². The van der Waals surface area contributed by atoms with Crippen molar-refractivity contribution in [3.8, 4) is 11.4 Å². The maximum atomic E-state index is 13.4. The largest absolute Gasteiger partial charge is 0.497 e. The summed E-state index contributed by atoms with van der Waals surface area (Å²) >= 11 is 0. The molecule has 0 saturated carbocycles. The fourth-order valence-electron chi connectivity index (χ4n) is 3.60. The van der Waals surface area contributed by atoms with Crippen molar-refractivity contribution in [1.82, 2.24) is 14.9 Å². The van der Waals surface area contributed by atoms with E-state index in [1.54, 1.807) is 48.7 Å². The van der Waals surface area contributed by atoms with E-state index in [1.807, 2.05) is 42.0 Å². The number of hydrogen-bond donors (Lipinski definition) is 1. The Kier molecular flexibility index (Phi) is 7.17. The number of benzene rings is 3. The van der Waals surface area contributed by atoms with Crippen LogP contribution in [0.5, 0.6) is 5.75 Å². The highest BCUT2D eigenvalue weighted by Gasteiger charge is 2.27. The number of aryl methyl sites for hydroxylation is 1. The van der Waals surface area contributed by atoms with Crippen LogP contribution in [0, 0.1) is 6.92 Å². The lowest BCUT2D eigenvalue weighted by Crippen LogP contribution is -2.40. The van der Waals surface area contributed by atoms with Crippen LogP contribution in [0.15, 0.2) is 96.2 Å². The Morgan fingerprint density at radius 1 is 1.00 bits per heavy atom. The predicted octanol–water partition coefficient (Wildman–Crippen LogP) is 3.70. The zero-order valence-electron chi connectivity index (χ0n) is 19.5. The van der Waals surface area contributed by atoms with Crippen molar-refractivity contribution in [2.24, 2.45) is 0 Å². The Morgan fingerprint density at radius 3 is 2.29 bits per heavy atom. The minimum Gasteiger partial charge on any atom is -0.497 e. The second-order valence-electron chi connectivity index (χ2n) is 7.81. The highest BCUT2D eigenvalue weighted by molar-refractivity contribution is 7.92. The Balaban J connectivity index is 1.49. The second kappa shape index (κ2) is 10.4. The van der Waals surface area contributed by atoms with Crippen molar-refractivity contribution in [2.75, 3.05) is 18.0 Å². The summed E-state index contributed by atoms with van der Waals surface area (Å²) in [6.07, 6.45) is 3.62. The van der Waals surface area contributed by atoms with Crippen LogP contribution in [-0.4, -0.2) is 37.5 Å². The van der Waals surface area contributed by atoms with Gasteiger partial charge in [0.25, 0.3) is 10.0 Å². The lowest BCUT2D eigenvalue weighted by atomic mass is 10.2. The SMILES string of the molecule is COc1ccc(N(CC(=O)NCc2ccc(-n3ccnc3C)cc2)S(=O)(=O)c2ccccc2)cc1. The molecule has 3 aromatic carbocycles. The van der Waals surface area contributed by atoms with E-state index in [9.17, 15) is 13.2 Å². The summed E-state index contributed by atoms with van der Waals surface area (Å²) in [5, 5.41) is 2.82. The van der Waals surface area contributed by atoms with Crippen LogP contribution in [0.4, 0.5) is 5.69 Å². The van der Waals surface area contributed by atoms with E-state index in [0.29, 0.717) is 11.4 Å². The van der Waals surface area contributed by atoms with Gasteiger partial charge in [0.15, 0.2) is 0 Å². The van der Waals surface area contributed by atoms with E-state index in [1.165, 1.54) is 19.2 Å². The lowest BCUT2D eigenvalue weighted by Gasteiger charge is -2.24. The van der Waals surface area contributed by atoms with Gasteiger partial charge in [-0.15, -0.1) is 0 Å². The lowest BCUT2D eigenvalue weighted by molar-refractivity contribution is -0.119. The van der Waals surface area contributed by atoms with Gasteiger partial charge in [0.2, 0.25) is 5.91 Å². The molecule has 0 saturated heterocycles. The van der Waals surface area contributed by atoms with Crippen LogP contribution in [0.3, 0.4) is 0 Å². The van der Waals surface area contributed by atoms with Gasteiger partial charge in [-0.3, -0.25) is 9.10 Å². The summed E-state index contributed by atoms with van der Waals surface area (Å²) in [4.78, 5) is 17.2. The molecular formula is C26H26N4O4S. The van der Waals surface area contributed by atoms with Crippen molar-refractivity contribution < 1.29 is 17.9 Å². The molecule has 1 aromatic heterocycles. The van der Waals surface area contributed by atoms with Gasteiger partial charge < -0.3 is 14.6 Å². The number of rotatable bonds is 9. The average Bonchev–Trinajstić information content (AvgIpc) is 3.32. The number of imidazole rings is 1. The van der Waals surface area contributed by atoms with Crippen molar-refractivity contribution in [2.45, 2.75) is 18.4 Å². The minimum atomic E-state index is -3.96. The minimum absolute atomic E-state index is 0.106. The molecular weight excluding hydrogens is 464 g/mol. The summed E-state index contributed by atoms with van der Waals surface area (Å²) in [6.45, 7) is 1.83. The molecule has 9 heteroatoms. The molecule has 4 aromatic rings. The molecule has 0 unspecified atom stereocenters. The zero-order valence-corrected chi connectivity index (χ0v) is 20.3. The first kappa shape index (κ1) is 24.0. The molecule has 180 valence electrons. The zero-order chi connectivity index (χ0) is 24.8. The summed E-state index contributed by atoms with van der Waals surface area (Å²) in [5.74, 6) is 1.05. The molecule has 0 radical (unpaired) electrons. The molecule has 8 nitrogen and oxygen atoms in total. The quantitative estimate of drug-likeness (QED) is 0.386. The molecule has 1 heterocycles. The number of amides is 1. The number of anilines is 1. The van der Waals surface area contributed by atoms with Crippen LogP contribution in [0.1, 0.15) is 11.4 Å². The van der Waals surface area contributed by atoms with E-state index in [4.69, 9.17) is 4.74 Å². The van der Waals surface area contributed by atoms with Gasteiger partial charge in [-0.2, -0.15) is 0 Å². The van der Waals surface area contributed by atoms with E-state index < -0.39 is 15.9 Å². The Morgan fingerprint density at radius 2 is 1.69 bits per heavy atom. The van der Waals surface area contributed by atoms with Crippen molar-refractivity contribution in [3.63, 3.8) is 0 Å². The van der Waals surface area contributed by atoms with Crippen molar-refractivity contribution in [3.05, 3.63) is 103 Å². The maximum Gasteiger partial charge on any atom is 0.264 e. The topological polar surface area (TPSA) is 93.5 Å². The van der Waals surface area contributed by atoms with Gasteiger partial charge >= 0.3 is 0 Å². The van der Waals surface area contributed by atoms with Crippen LogP contribution in [0.2, 0.25) is 0 Å². The molecule has 0 aliphatic carbocycles. The molecule has 0 aliphatic heterocycles.